The molecule has 0 saturated heterocycles. The summed E-state index contributed by atoms with van der Waals surface area (Å²) < 4.78 is 5.86. The second kappa shape index (κ2) is 4.88. The smallest absolute Gasteiger partial charge is 0.123 e. The third-order valence-corrected chi connectivity index (χ3v) is 3.04. The molecule has 0 saturated carbocycles. The van der Waals surface area contributed by atoms with Gasteiger partial charge in [0.15, 0.2) is 0 Å². The van der Waals surface area contributed by atoms with E-state index in [2.05, 4.69) is 44.3 Å². The summed E-state index contributed by atoms with van der Waals surface area (Å²) in [6.45, 7) is 7.35. The highest BCUT2D eigenvalue weighted by Crippen LogP contribution is 2.37. The van der Waals surface area contributed by atoms with Crippen LogP contribution in [0.3, 0.4) is 0 Å². The molecular formula is C14H21NO. The van der Waals surface area contributed by atoms with E-state index in [1.807, 2.05) is 0 Å². The lowest BCUT2D eigenvalue weighted by molar-refractivity contribution is 0.240. The third kappa shape index (κ3) is 2.22. The molecule has 2 rings (SSSR count). The first-order valence-electron chi connectivity index (χ1n) is 6.24. The highest BCUT2D eigenvalue weighted by Gasteiger charge is 2.24. The molecule has 0 aromatic heterocycles. The molecule has 1 aliphatic carbocycles. The minimum Gasteiger partial charge on any atom is -0.491 e. The first-order chi connectivity index (χ1) is 7.72. The molecule has 1 N–H and O–H groups in total. The zero-order valence-electron chi connectivity index (χ0n) is 10.4. The zero-order valence-corrected chi connectivity index (χ0v) is 10.4. The Bertz CT molecular complexity index is 360. The highest BCUT2D eigenvalue weighted by atomic mass is 16.5. The standard InChI is InChI=1S/C14H21NO/c1-4-15-13-9-8-12-11(13)6-5-7-14(12)16-10(2)3/h5-7,10,13,15H,4,8-9H2,1-3H3. The summed E-state index contributed by atoms with van der Waals surface area (Å²) in [7, 11) is 0. The van der Waals surface area contributed by atoms with E-state index in [-0.39, 0.29) is 6.10 Å². The fourth-order valence-electron chi connectivity index (χ4n) is 2.44. The van der Waals surface area contributed by atoms with E-state index in [1.54, 1.807) is 0 Å². The summed E-state index contributed by atoms with van der Waals surface area (Å²) in [6, 6.07) is 6.94. The number of hydrogen-bond acceptors (Lipinski definition) is 2. The predicted octanol–water partition coefficient (Wildman–Crippen LogP) is 3.07. The maximum atomic E-state index is 5.86. The van der Waals surface area contributed by atoms with Crippen LogP contribution in [0, 0.1) is 0 Å². The van der Waals surface area contributed by atoms with Crippen LogP contribution in [-0.2, 0) is 6.42 Å². The van der Waals surface area contributed by atoms with Crippen LogP contribution in [0.15, 0.2) is 18.2 Å². The molecule has 0 heterocycles. The van der Waals surface area contributed by atoms with Crippen LogP contribution in [0.25, 0.3) is 0 Å². The average Bonchev–Trinajstić information content (AvgIpc) is 2.63. The number of nitrogens with one attached hydrogen (secondary N) is 1. The zero-order chi connectivity index (χ0) is 11.5. The van der Waals surface area contributed by atoms with Gasteiger partial charge in [0.05, 0.1) is 6.10 Å². The van der Waals surface area contributed by atoms with E-state index < -0.39 is 0 Å². The van der Waals surface area contributed by atoms with E-state index in [9.17, 15) is 0 Å². The van der Waals surface area contributed by atoms with Crippen LogP contribution >= 0.6 is 0 Å². The van der Waals surface area contributed by atoms with Crippen LogP contribution < -0.4 is 10.1 Å². The Labute approximate surface area is 98.0 Å². The van der Waals surface area contributed by atoms with Crippen molar-refractivity contribution in [2.75, 3.05) is 6.54 Å². The van der Waals surface area contributed by atoms with Gasteiger partial charge in [-0.3, -0.25) is 0 Å². The molecule has 0 bridgehead atoms. The molecule has 0 radical (unpaired) electrons. The summed E-state index contributed by atoms with van der Waals surface area (Å²) in [5, 5.41) is 3.53. The molecule has 1 atom stereocenters. The van der Waals surface area contributed by atoms with Gasteiger partial charge in [0, 0.05) is 6.04 Å². The Morgan fingerprint density at radius 2 is 2.25 bits per heavy atom. The van der Waals surface area contributed by atoms with E-state index in [4.69, 9.17) is 4.74 Å². The van der Waals surface area contributed by atoms with Crippen molar-refractivity contribution in [3.8, 4) is 5.75 Å². The Kier molecular flexibility index (Phi) is 3.49. The Morgan fingerprint density at radius 1 is 1.44 bits per heavy atom. The van der Waals surface area contributed by atoms with Crippen LogP contribution in [0.4, 0.5) is 0 Å². The molecule has 2 heteroatoms. The fraction of sp³-hybridized carbons (Fsp3) is 0.571. The summed E-state index contributed by atoms with van der Waals surface area (Å²) in [5.41, 5.74) is 2.84. The molecule has 1 unspecified atom stereocenters. The fourth-order valence-corrected chi connectivity index (χ4v) is 2.44. The van der Waals surface area contributed by atoms with Crippen molar-refractivity contribution in [3.63, 3.8) is 0 Å². The molecule has 0 fully saturated rings. The molecule has 1 aromatic carbocycles. The van der Waals surface area contributed by atoms with Gasteiger partial charge in [-0.25, -0.2) is 0 Å². The van der Waals surface area contributed by atoms with Crippen molar-refractivity contribution in [1.82, 2.24) is 5.32 Å². The molecule has 0 aliphatic heterocycles. The predicted molar refractivity (Wildman–Crippen MR) is 66.9 cm³/mol. The van der Waals surface area contributed by atoms with Crippen LogP contribution in [-0.4, -0.2) is 12.6 Å². The molecule has 0 spiro atoms. The number of fused-ring (bicyclic) bond motifs is 1. The first-order valence-corrected chi connectivity index (χ1v) is 6.24. The summed E-state index contributed by atoms with van der Waals surface area (Å²) in [4.78, 5) is 0. The molecule has 1 aromatic rings. The molecule has 2 nitrogen and oxygen atoms in total. The first kappa shape index (κ1) is 11.5. The van der Waals surface area contributed by atoms with Gasteiger partial charge in [-0.05, 0) is 50.4 Å². The Balaban J connectivity index is 2.25. The Hall–Kier alpha value is -1.02. The molecular weight excluding hydrogens is 198 g/mol. The lowest BCUT2D eigenvalue weighted by atomic mass is 10.1. The van der Waals surface area contributed by atoms with Gasteiger partial charge in [-0.2, -0.15) is 0 Å². The van der Waals surface area contributed by atoms with Crippen LogP contribution in [0.1, 0.15) is 44.4 Å². The van der Waals surface area contributed by atoms with Gasteiger partial charge in [0.2, 0.25) is 0 Å². The lowest BCUT2D eigenvalue weighted by Crippen LogP contribution is -2.18. The number of ether oxygens (including phenoxy) is 1. The van der Waals surface area contributed by atoms with Crippen molar-refractivity contribution >= 4 is 0 Å². The summed E-state index contributed by atoms with van der Waals surface area (Å²) >= 11 is 0. The van der Waals surface area contributed by atoms with Crippen molar-refractivity contribution in [1.29, 1.82) is 0 Å². The highest BCUT2D eigenvalue weighted by molar-refractivity contribution is 5.45. The second-order valence-electron chi connectivity index (χ2n) is 4.64. The van der Waals surface area contributed by atoms with Crippen molar-refractivity contribution < 1.29 is 4.74 Å². The largest absolute Gasteiger partial charge is 0.491 e. The molecule has 88 valence electrons. The summed E-state index contributed by atoms with van der Waals surface area (Å²) in [5.74, 6) is 1.08. The van der Waals surface area contributed by atoms with Crippen LogP contribution in [0.2, 0.25) is 0 Å². The molecule has 16 heavy (non-hydrogen) atoms. The number of benzene rings is 1. The Morgan fingerprint density at radius 3 is 2.94 bits per heavy atom. The van der Waals surface area contributed by atoms with Crippen molar-refractivity contribution in [2.24, 2.45) is 0 Å². The lowest BCUT2D eigenvalue weighted by Gasteiger charge is -2.15. The molecule has 1 aliphatic rings. The topological polar surface area (TPSA) is 21.3 Å². The number of hydrogen-bond donors (Lipinski definition) is 1. The normalized spacial score (nSPS) is 18.9. The van der Waals surface area contributed by atoms with E-state index >= 15 is 0 Å². The maximum absolute atomic E-state index is 5.86. The van der Waals surface area contributed by atoms with Gasteiger partial charge in [0.25, 0.3) is 0 Å². The second-order valence-corrected chi connectivity index (χ2v) is 4.64. The third-order valence-electron chi connectivity index (χ3n) is 3.04. The SMILES string of the molecule is CCNC1CCc2c(OC(C)C)cccc21. The van der Waals surface area contributed by atoms with E-state index in [0.717, 1.165) is 18.7 Å². The van der Waals surface area contributed by atoms with Gasteiger partial charge >= 0.3 is 0 Å². The molecule has 0 amide bonds. The minimum atomic E-state index is 0.254. The quantitative estimate of drug-likeness (QED) is 0.840. The minimum absolute atomic E-state index is 0.254. The van der Waals surface area contributed by atoms with Gasteiger partial charge < -0.3 is 10.1 Å². The summed E-state index contributed by atoms with van der Waals surface area (Å²) in [6.07, 6.45) is 2.59. The van der Waals surface area contributed by atoms with Gasteiger partial charge in [0.1, 0.15) is 5.75 Å². The maximum Gasteiger partial charge on any atom is 0.123 e. The van der Waals surface area contributed by atoms with Gasteiger partial charge in [-0.15, -0.1) is 0 Å². The van der Waals surface area contributed by atoms with E-state index in [1.165, 1.54) is 17.5 Å². The van der Waals surface area contributed by atoms with Crippen molar-refractivity contribution in [2.45, 2.75) is 45.8 Å². The monoisotopic (exact) mass is 219 g/mol. The number of rotatable bonds is 4. The van der Waals surface area contributed by atoms with Crippen LogP contribution in [0.5, 0.6) is 5.75 Å². The average molecular weight is 219 g/mol. The van der Waals surface area contributed by atoms with E-state index in [0.29, 0.717) is 6.04 Å². The van der Waals surface area contributed by atoms with Gasteiger partial charge in [-0.1, -0.05) is 19.1 Å². The van der Waals surface area contributed by atoms with Crippen molar-refractivity contribution in [3.05, 3.63) is 29.3 Å².